The molecule has 2 rings (SSSR count). The summed E-state index contributed by atoms with van der Waals surface area (Å²) in [7, 11) is 0. The minimum atomic E-state index is -1.19. The van der Waals surface area contributed by atoms with E-state index in [0.29, 0.717) is 12.4 Å². The van der Waals surface area contributed by atoms with Crippen LogP contribution < -0.4 is 9.84 Å². The zero-order valence-electron chi connectivity index (χ0n) is 8.25. The Bertz CT molecular complexity index is 464. The van der Waals surface area contributed by atoms with E-state index in [2.05, 4.69) is 4.98 Å². The number of hydrogen-bond acceptors (Lipinski definition) is 5. The fourth-order valence-corrected chi connectivity index (χ4v) is 1.70. The van der Waals surface area contributed by atoms with Crippen LogP contribution in [0, 0.1) is 0 Å². The van der Waals surface area contributed by atoms with Crippen LogP contribution in [0.4, 0.5) is 0 Å². The number of nitrogens with zero attached hydrogens (tertiary/aromatic N) is 1. The summed E-state index contributed by atoms with van der Waals surface area (Å²) in [5.41, 5.74) is 2.73. The van der Waals surface area contributed by atoms with Crippen molar-refractivity contribution in [3.05, 3.63) is 46.4 Å². The zero-order chi connectivity index (χ0) is 11.4. The van der Waals surface area contributed by atoms with Gasteiger partial charge in [-0.1, -0.05) is 0 Å². The van der Waals surface area contributed by atoms with Crippen LogP contribution in [0.25, 0.3) is 0 Å². The predicted octanol–water partition coefficient (Wildman–Crippen LogP) is 1.09. The molecule has 0 aliphatic carbocycles. The van der Waals surface area contributed by atoms with Gasteiger partial charge >= 0.3 is 0 Å². The molecule has 1 aromatic carbocycles. The average Bonchev–Trinajstić information content (AvgIpc) is 2.80. The molecule has 0 spiro atoms. The van der Waals surface area contributed by atoms with Gasteiger partial charge in [-0.15, -0.1) is 11.3 Å². The lowest BCUT2D eigenvalue weighted by atomic mass is 10.2. The highest BCUT2D eigenvalue weighted by atomic mass is 32.1. The zero-order valence-corrected chi connectivity index (χ0v) is 9.07. The maximum Gasteiger partial charge on any atom is 0.131 e. The summed E-state index contributed by atoms with van der Waals surface area (Å²) in [6, 6.07) is 6.09. The number of hydrogen-bond donors (Lipinski definition) is 0. The number of ether oxygens (including phenoxy) is 1. The molecule has 4 nitrogen and oxygen atoms in total. The molecule has 0 N–H and O–H groups in total. The van der Waals surface area contributed by atoms with Crippen molar-refractivity contribution in [3.63, 3.8) is 0 Å². The number of carboxylic acids is 1. The van der Waals surface area contributed by atoms with Gasteiger partial charge in [0.2, 0.25) is 0 Å². The highest BCUT2D eigenvalue weighted by Crippen LogP contribution is 2.13. The van der Waals surface area contributed by atoms with E-state index in [-0.39, 0.29) is 5.56 Å². The van der Waals surface area contributed by atoms with Gasteiger partial charge < -0.3 is 14.6 Å². The highest BCUT2D eigenvalue weighted by molar-refractivity contribution is 7.07. The Labute approximate surface area is 96.1 Å². The second kappa shape index (κ2) is 4.76. The van der Waals surface area contributed by atoms with Gasteiger partial charge in [0.1, 0.15) is 12.4 Å². The van der Waals surface area contributed by atoms with Crippen LogP contribution in [0.5, 0.6) is 5.75 Å². The maximum absolute atomic E-state index is 10.5. The number of rotatable bonds is 4. The third kappa shape index (κ3) is 2.58. The van der Waals surface area contributed by atoms with Gasteiger partial charge in [-0.05, 0) is 29.8 Å². The first-order valence-corrected chi connectivity index (χ1v) is 5.51. The molecular formula is C11H8NO3S-. The maximum atomic E-state index is 10.5. The third-order valence-corrected chi connectivity index (χ3v) is 2.60. The second-order valence-electron chi connectivity index (χ2n) is 3.08. The minimum absolute atomic E-state index is 0.140. The molecule has 0 fully saturated rings. The number of carboxylic acid groups (broad SMARTS) is 1. The number of benzene rings is 1. The summed E-state index contributed by atoms with van der Waals surface area (Å²) in [5.74, 6) is -0.580. The van der Waals surface area contributed by atoms with Gasteiger partial charge in [0.15, 0.2) is 0 Å². The van der Waals surface area contributed by atoms with E-state index in [1.54, 1.807) is 17.6 Å². The molecule has 1 heterocycles. The van der Waals surface area contributed by atoms with Crippen molar-refractivity contribution in [1.82, 2.24) is 4.98 Å². The van der Waals surface area contributed by atoms with Gasteiger partial charge in [0.25, 0.3) is 0 Å². The molecule has 0 saturated heterocycles. The van der Waals surface area contributed by atoms with Gasteiger partial charge in [-0.2, -0.15) is 0 Å². The normalized spacial score (nSPS) is 10.0. The van der Waals surface area contributed by atoms with Gasteiger partial charge in [-0.25, -0.2) is 4.98 Å². The molecule has 0 unspecified atom stereocenters. The molecule has 0 atom stereocenters. The molecule has 0 amide bonds. The molecule has 16 heavy (non-hydrogen) atoms. The topological polar surface area (TPSA) is 62.2 Å². The summed E-state index contributed by atoms with van der Waals surface area (Å²) in [4.78, 5) is 14.6. The summed E-state index contributed by atoms with van der Waals surface area (Å²) in [5, 5.41) is 12.4. The van der Waals surface area contributed by atoms with Gasteiger partial charge in [0, 0.05) is 5.38 Å². The second-order valence-corrected chi connectivity index (χ2v) is 3.80. The summed E-state index contributed by atoms with van der Waals surface area (Å²) in [6.45, 7) is 0.383. The quantitative estimate of drug-likeness (QED) is 0.794. The molecule has 0 saturated carbocycles. The summed E-state index contributed by atoms with van der Waals surface area (Å²) < 4.78 is 5.42. The highest BCUT2D eigenvalue weighted by Gasteiger charge is 1.98. The third-order valence-electron chi connectivity index (χ3n) is 1.96. The molecule has 5 heteroatoms. The number of carbonyl (C=O) groups is 1. The van der Waals surface area contributed by atoms with Crippen LogP contribution in [0.1, 0.15) is 16.1 Å². The molecule has 0 aliphatic heterocycles. The molecule has 0 bridgehead atoms. The number of aromatic nitrogens is 1. The Morgan fingerprint density at radius 2 is 2.12 bits per heavy atom. The monoisotopic (exact) mass is 234 g/mol. The first-order chi connectivity index (χ1) is 7.75. The molecular weight excluding hydrogens is 226 g/mol. The van der Waals surface area contributed by atoms with Crippen molar-refractivity contribution in [2.24, 2.45) is 0 Å². The van der Waals surface area contributed by atoms with E-state index in [4.69, 9.17) is 4.74 Å². The van der Waals surface area contributed by atoms with Crippen molar-refractivity contribution in [2.75, 3.05) is 0 Å². The van der Waals surface area contributed by atoms with Crippen molar-refractivity contribution < 1.29 is 14.6 Å². The van der Waals surface area contributed by atoms with Crippen molar-refractivity contribution >= 4 is 17.3 Å². The van der Waals surface area contributed by atoms with E-state index >= 15 is 0 Å². The number of carbonyl (C=O) groups excluding carboxylic acids is 1. The summed E-state index contributed by atoms with van der Waals surface area (Å²) >= 11 is 1.50. The lowest BCUT2D eigenvalue weighted by Crippen LogP contribution is -2.21. The Hall–Kier alpha value is -1.88. The van der Waals surface area contributed by atoms with Crippen LogP contribution in [0.15, 0.2) is 35.2 Å². The lowest BCUT2D eigenvalue weighted by Gasteiger charge is -2.06. The first kappa shape index (κ1) is 10.6. The Morgan fingerprint density at radius 1 is 1.38 bits per heavy atom. The fraction of sp³-hybridized carbons (Fsp3) is 0.0909. The van der Waals surface area contributed by atoms with Gasteiger partial charge in [-0.3, -0.25) is 0 Å². The average molecular weight is 234 g/mol. The lowest BCUT2D eigenvalue weighted by molar-refractivity contribution is -0.255. The predicted molar refractivity (Wildman–Crippen MR) is 57.2 cm³/mol. The molecule has 2 aromatic rings. The smallest absolute Gasteiger partial charge is 0.131 e. The molecule has 82 valence electrons. The fourth-order valence-electron chi connectivity index (χ4n) is 1.15. The van der Waals surface area contributed by atoms with Crippen molar-refractivity contribution in [1.29, 1.82) is 0 Å². The van der Waals surface area contributed by atoms with Crippen LogP contribution in [0.3, 0.4) is 0 Å². The molecule has 0 aliphatic rings. The van der Waals surface area contributed by atoms with Crippen molar-refractivity contribution in [3.8, 4) is 5.75 Å². The molecule has 1 aromatic heterocycles. The number of aromatic carboxylic acids is 1. The minimum Gasteiger partial charge on any atom is -0.545 e. The number of thiazole rings is 1. The van der Waals surface area contributed by atoms with E-state index < -0.39 is 5.97 Å². The van der Waals surface area contributed by atoms with E-state index in [1.165, 1.54) is 23.5 Å². The Morgan fingerprint density at radius 3 is 2.69 bits per heavy atom. The largest absolute Gasteiger partial charge is 0.545 e. The summed E-state index contributed by atoms with van der Waals surface area (Å²) in [6.07, 6.45) is 0. The van der Waals surface area contributed by atoms with Crippen LogP contribution in [-0.2, 0) is 6.61 Å². The van der Waals surface area contributed by atoms with E-state index in [9.17, 15) is 9.90 Å². The standard InChI is InChI=1S/C11H9NO3S/c13-11(14)8-1-3-10(4-2-8)15-5-9-6-16-7-12-9/h1-4,6-7H,5H2,(H,13,14)/p-1. The van der Waals surface area contributed by atoms with Crippen LogP contribution in [0.2, 0.25) is 0 Å². The van der Waals surface area contributed by atoms with Crippen LogP contribution in [-0.4, -0.2) is 11.0 Å². The van der Waals surface area contributed by atoms with Crippen molar-refractivity contribution in [2.45, 2.75) is 6.61 Å². The Balaban J connectivity index is 1.98. The van der Waals surface area contributed by atoms with Gasteiger partial charge in [0.05, 0.1) is 17.2 Å². The SMILES string of the molecule is O=C([O-])c1ccc(OCc2cscn2)cc1. The molecule has 0 radical (unpaired) electrons. The van der Waals surface area contributed by atoms with E-state index in [0.717, 1.165) is 5.69 Å². The van der Waals surface area contributed by atoms with Crippen LogP contribution >= 0.6 is 11.3 Å². The Kier molecular flexibility index (Phi) is 3.16. The first-order valence-electron chi connectivity index (χ1n) is 4.57. The van der Waals surface area contributed by atoms with E-state index in [1.807, 2.05) is 5.38 Å².